The Labute approximate surface area is 132 Å². The highest BCUT2D eigenvalue weighted by atomic mass is 32.2. The van der Waals surface area contributed by atoms with E-state index in [-0.39, 0.29) is 0 Å². The summed E-state index contributed by atoms with van der Waals surface area (Å²) >= 11 is 1.35. The molecule has 0 unspecified atom stereocenters. The highest BCUT2D eigenvalue weighted by Crippen LogP contribution is 2.21. The van der Waals surface area contributed by atoms with Gasteiger partial charge in [-0.1, -0.05) is 20.8 Å². The molecule has 0 aromatic carbocycles. The Bertz CT molecular complexity index is 512. The third-order valence-corrected chi connectivity index (χ3v) is 6.25. The fourth-order valence-corrected chi connectivity index (χ4v) is 4.14. The van der Waals surface area contributed by atoms with Crippen molar-refractivity contribution < 1.29 is 8.42 Å². The molecule has 1 rings (SSSR count). The van der Waals surface area contributed by atoms with Gasteiger partial charge in [0.15, 0.2) is 0 Å². The van der Waals surface area contributed by atoms with Crippen molar-refractivity contribution >= 4 is 21.4 Å². The van der Waals surface area contributed by atoms with E-state index in [0.717, 1.165) is 24.4 Å². The van der Waals surface area contributed by atoms with Gasteiger partial charge in [0.25, 0.3) is 0 Å². The molecule has 0 radical (unpaired) electrons. The third-order valence-electron chi connectivity index (χ3n) is 3.15. The van der Waals surface area contributed by atoms with Crippen molar-refractivity contribution in [2.45, 2.75) is 37.4 Å². The minimum absolute atomic E-state index is 0.404. The highest BCUT2D eigenvalue weighted by Gasteiger charge is 2.16. The Morgan fingerprint density at radius 3 is 2.62 bits per heavy atom. The van der Waals surface area contributed by atoms with Crippen LogP contribution in [0.2, 0.25) is 0 Å². The van der Waals surface area contributed by atoms with Gasteiger partial charge in [0.05, 0.1) is 0 Å². The van der Waals surface area contributed by atoms with E-state index in [0.29, 0.717) is 23.3 Å². The summed E-state index contributed by atoms with van der Waals surface area (Å²) in [6.45, 7) is 9.18. The zero-order chi connectivity index (χ0) is 15.9. The van der Waals surface area contributed by atoms with Crippen LogP contribution in [0.3, 0.4) is 0 Å². The van der Waals surface area contributed by atoms with Crippen LogP contribution in [-0.2, 0) is 16.4 Å². The van der Waals surface area contributed by atoms with Crippen LogP contribution in [0.15, 0.2) is 16.3 Å². The molecule has 0 bridgehead atoms. The number of sulfonamides is 1. The van der Waals surface area contributed by atoms with Gasteiger partial charge in [-0.15, -0.1) is 11.3 Å². The lowest BCUT2D eigenvalue weighted by atomic mass is 10.3. The number of nitrogens with one attached hydrogen (secondary N) is 2. The number of hydrogen-bond donors (Lipinski definition) is 2. The summed E-state index contributed by atoms with van der Waals surface area (Å²) in [4.78, 5) is 3.16. The van der Waals surface area contributed by atoms with E-state index in [4.69, 9.17) is 0 Å². The summed E-state index contributed by atoms with van der Waals surface area (Å²) in [5.74, 6) is 0. The molecular weight excluding hydrogens is 306 g/mol. The van der Waals surface area contributed by atoms with E-state index in [1.165, 1.54) is 11.3 Å². The SMILES string of the molecule is CCN(C)CCNS(=O)(=O)c1ccc(CCNC(C)C)s1. The van der Waals surface area contributed by atoms with E-state index in [9.17, 15) is 8.42 Å². The first-order chi connectivity index (χ1) is 9.85. The first-order valence-corrected chi connectivity index (χ1v) is 9.65. The second-order valence-corrected chi connectivity index (χ2v) is 8.54. The van der Waals surface area contributed by atoms with Crippen LogP contribution in [0, 0.1) is 0 Å². The molecule has 21 heavy (non-hydrogen) atoms. The lowest BCUT2D eigenvalue weighted by molar-refractivity contribution is 0.358. The number of hydrogen-bond acceptors (Lipinski definition) is 5. The molecule has 122 valence electrons. The zero-order valence-electron chi connectivity index (χ0n) is 13.3. The maximum absolute atomic E-state index is 12.2. The van der Waals surface area contributed by atoms with Crippen LogP contribution in [-0.4, -0.2) is 52.6 Å². The molecule has 0 saturated carbocycles. The molecule has 1 aromatic rings. The Morgan fingerprint density at radius 1 is 1.29 bits per heavy atom. The van der Waals surface area contributed by atoms with Crippen LogP contribution >= 0.6 is 11.3 Å². The first-order valence-electron chi connectivity index (χ1n) is 7.35. The van der Waals surface area contributed by atoms with Gasteiger partial charge >= 0.3 is 0 Å². The standard InChI is InChI=1S/C14H27N3O2S2/c1-5-17(4)11-10-16-21(18,19)14-7-6-13(20-14)8-9-15-12(2)3/h6-7,12,15-16H,5,8-11H2,1-4H3. The summed E-state index contributed by atoms with van der Waals surface area (Å²) < 4.78 is 27.4. The van der Waals surface area contributed by atoms with Gasteiger partial charge in [0.1, 0.15) is 4.21 Å². The average molecular weight is 334 g/mol. The first kappa shape index (κ1) is 18.6. The Morgan fingerprint density at radius 2 is 2.00 bits per heavy atom. The number of rotatable bonds is 10. The van der Waals surface area contributed by atoms with Crippen LogP contribution in [0.4, 0.5) is 0 Å². The number of nitrogens with zero attached hydrogens (tertiary/aromatic N) is 1. The number of likely N-dealkylation sites (N-methyl/N-ethyl adjacent to an activating group) is 1. The van der Waals surface area contributed by atoms with E-state index in [1.54, 1.807) is 6.07 Å². The lowest BCUT2D eigenvalue weighted by Gasteiger charge is -2.13. The predicted molar refractivity (Wildman–Crippen MR) is 89.5 cm³/mol. The molecule has 1 heterocycles. The molecule has 0 aliphatic heterocycles. The summed E-state index contributed by atoms with van der Waals surface area (Å²) in [5.41, 5.74) is 0. The quantitative estimate of drug-likeness (QED) is 0.681. The lowest BCUT2D eigenvalue weighted by Crippen LogP contribution is -2.32. The molecule has 5 nitrogen and oxygen atoms in total. The average Bonchev–Trinajstić information content (AvgIpc) is 2.87. The van der Waals surface area contributed by atoms with E-state index >= 15 is 0 Å². The molecule has 0 saturated heterocycles. The van der Waals surface area contributed by atoms with Gasteiger partial charge in [-0.2, -0.15) is 0 Å². The van der Waals surface area contributed by atoms with Crippen LogP contribution in [0.5, 0.6) is 0 Å². The largest absolute Gasteiger partial charge is 0.314 e. The summed E-state index contributed by atoms with van der Waals surface area (Å²) in [7, 11) is -1.39. The van der Waals surface area contributed by atoms with Gasteiger partial charge in [-0.05, 0) is 32.1 Å². The molecule has 7 heteroatoms. The van der Waals surface area contributed by atoms with Gasteiger partial charge < -0.3 is 10.2 Å². The second-order valence-electron chi connectivity index (χ2n) is 5.37. The topological polar surface area (TPSA) is 61.4 Å². The predicted octanol–water partition coefficient (Wildman–Crippen LogP) is 1.52. The molecule has 2 N–H and O–H groups in total. The van der Waals surface area contributed by atoms with Crippen molar-refractivity contribution in [2.24, 2.45) is 0 Å². The van der Waals surface area contributed by atoms with E-state index in [2.05, 4.69) is 28.8 Å². The molecule has 0 amide bonds. The van der Waals surface area contributed by atoms with Crippen LogP contribution < -0.4 is 10.0 Å². The Hall–Kier alpha value is -0.470. The third kappa shape index (κ3) is 6.88. The minimum Gasteiger partial charge on any atom is -0.314 e. The summed E-state index contributed by atoms with van der Waals surface area (Å²) in [6, 6.07) is 4.05. The molecule has 0 aliphatic rings. The molecular formula is C14H27N3O2S2. The van der Waals surface area contributed by atoms with Crippen molar-refractivity contribution in [1.29, 1.82) is 0 Å². The van der Waals surface area contributed by atoms with Crippen molar-refractivity contribution in [3.63, 3.8) is 0 Å². The summed E-state index contributed by atoms with van der Waals surface area (Å²) in [5, 5.41) is 3.33. The Balaban J connectivity index is 2.50. The van der Waals surface area contributed by atoms with E-state index < -0.39 is 10.0 Å². The van der Waals surface area contributed by atoms with Crippen LogP contribution in [0.25, 0.3) is 0 Å². The van der Waals surface area contributed by atoms with Gasteiger partial charge in [-0.3, -0.25) is 0 Å². The maximum Gasteiger partial charge on any atom is 0.250 e. The minimum atomic E-state index is -3.36. The number of thiophene rings is 1. The van der Waals surface area contributed by atoms with Crippen molar-refractivity contribution in [2.75, 3.05) is 33.2 Å². The normalized spacial score (nSPS) is 12.5. The Kier molecular flexibility index (Phi) is 7.83. The molecule has 0 aliphatic carbocycles. The molecule has 0 spiro atoms. The highest BCUT2D eigenvalue weighted by molar-refractivity contribution is 7.91. The second kappa shape index (κ2) is 8.85. The summed E-state index contributed by atoms with van der Waals surface area (Å²) in [6.07, 6.45) is 0.858. The van der Waals surface area contributed by atoms with Gasteiger partial charge in [0.2, 0.25) is 10.0 Å². The van der Waals surface area contributed by atoms with Crippen molar-refractivity contribution in [3.05, 3.63) is 17.0 Å². The maximum atomic E-state index is 12.2. The smallest absolute Gasteiger partial charge is 0.250 e. The van der Waals surface area contributed by atoms with Crippen molar-refractivity contribution in [3.8, 4) is 0 Å². The van der Waals surface area contributed by atoms with Crippen molar-refractivity contribution in [1.82, 2.24) is 14.9 Å². The molecule has 1 aromatic heterocycles. The van der Waals surface area contributed by atoms with Gasteiger partial charge in [-0.25, -0.2) is 13.1 Å². The van der Waals surface area contributed by atoms with Gasteiger partial charge in [0, 0.05) is 30.6 Å². The molecule has 0 fully saturated rings. The van der Waals surface area contributed by atoms with E-state index in [1.807, 2.05) is 20.0 Å². The monoisotopic (exact) mass is 333 g/mol. The fraction of sp³-hybridized carbons (Fsp3) is 0.714. The molecule has 0 atom stereocenters. The van der Waals surface area contributed by atoms with Crippen LogP contribution in [0.1, 0.15) is 25.6 Å². The zero-order valence-corrected chi connectivity index (χ0v) is 15.0. The fourth-order valence-electron chi connectivity index (χ4n) is 1.72.